The highest BCUT2D eigenvalue weighted by atomic mass is 16.5. The topological polar surface area (TPSA) is 55.4 Å². The Morgan fingerprint density at radius 1 is 1.33 bits per heavy atom. The van der Waals surface area contributed by atoms with Gasteiger partial charge < -0.3 is 10.1 Å². The first-order chi connectivity index (χ1) is 7.15. The molecule has 0 saturated heterocycles. The van der Waals surface area contributed by atoms with Crippen molar-refractivity contribution in [2.24, 2.45) is 0 Å². The maximum atomic E-state index is 11.6. The van der Waals surface area contributed by atoms with Gasteiger partial charge in [0.05, 0.1) is 7.11 Å². The van der Waals surface area contributed by atoms with E-state index in [1.54, 1.807) is 0 Å². The zero-order valence-electron chi connectivity index (χ0n) is 9.63. The van der Waals surface area contributed by atoms with Crippen LogP contribution < -0.4 is 5.32 Å². The van der Waals surface area contributed by atoms with Gasteiger partial charge in [0.1, 0.15) is 6.54 Å². The van der Waals surface area contributed by atoms with Gasteiger partial charge in [-0.05, 0) is 12.8 Å². The third-order valence-corrected chi connectivity index (χ3v) is 1.88. The van der Waals surface area contributed by atoms with Crippen molar-refractivity contribution in [2.75, 3.05) is 13.7 Å². The molecule has 0 aromatic heterocycles. The minimum atomic E-state index is -0.435. The van der Waals surface area contributed by atoms with Gasteiger partial charge in [0.25, 0.3) is 0 Å². The molecule has 0 aliphatic rings. The summed E-state index contributed by atoms with van der Waals surface area (Å²) >= 11 is 0. The molecule has 0 bridgehead atoms. The van der Waals surface area contributed by atoms with E-state index in [0.29, 0.717) is 0 Å². The lowest BCUT2D eigenvalue weighted by Crippen LogP contribution is -2.31. The van der Waals surface area contributed by atoms with Crippen LogP contribution in [-0.2, 0) is 14.3 Å². The third-order valence-electron chi connectivity index (χ3n) is 1.88. The van der Waals surface area contributed by atoms with Crippen LogP contribution in [0.2, 0.25) is 0 Å². The van der Waals surface area contributed by atoms with Crippen LogP contribution in [0.1, 0.15) is 33.1 Å². The summed E-state index contributed by atoms with van der Waals surface area (Å²) in [6.07, 6.45) is 4.36. The maximum Gasteiger partial charge on any atom is 0.325 e. The fourth-order valence-corrected chi connectivity index (χ4v) is 1.16. The number of carbonyl (C=O) groups excluding carboxylic acids is 2. The normalized spacial score (nSPS) is 11.0. The Bertz CT molecular complexity index is 246. The van der Waals surface area contributed by atoms with Crippen molar-refractivity contribution >= 4 is 11.9 Å². The minimum absolute atomic E-state index is 0.0693. The van der Waals surface area contributed by atoms with Crippen LogP contribution in [0.5, 0.6) is 0 Å². The van der Waals surface area contributed by atoms with Crippen LogP contribution in [0.15, 0.2) is 11.6 Å². The largest absolute Gasteiger partial charge is 0.468 e. The summed E-state index contributed by atoms with van der Waals surface area (Å²) in [4.78, 5) is 22.4. The monoisotopic (exact) mass is 213 g/mol. The van der Waals surface area contributed by atoms with Crippen LogP contribution >= 0.6 is 0 Å². The van der Waals surface area contributed by atoms with E-state index in [2.05, 4.69) is 10.1 Å². The van der Waals surface area contributed by atoms with E-state index < -0.39 is 5.97 Å². The summed E-state index contributed by atoms with van der Waals surface area (Å²) < 4.78 is 4.43. The molecule has 0 aromatic rings. The van der Waals surface area contributed by atoms with E-state index in [0.717, 1.165) is 24.8 Å². The van der Waals surface area contributed by atoms with Gasteiger partial charge >= 0.3 is 5.97 Å². The standard InChI is InChI=1S/C11H19NO3/c1-4-6-9(7-5-2)11(14)12-8-10(13)15-3/h6H,4-5,7-8H2,1-3H3,(H,12,14)/b9-6+. The Morgan fingerprint density at radius 3 is 2.47 bits per heavy atom. The van der Waals surface area contributed by atoms with Crippen molar-refractivity contribution in [3.63, 3.8) is 0 Å². The van der Waals surface area contributed by atoms with E-state index in [4.69, 9.17) is 0 Å². The van der Waals surface area contributed by atoms with Crippen LogP contribution in [0.3, 0.4) is 0 Å². The van der Waals surface area contributed by atoms with Gasteiger partial charge in [0, 0.05) is 5.57 Å². The number of nitrogens with one attached hydrogen (secondary N) is 1. The second-order valence-electron chi connectivity index (χ2n) is 3.15. The van der Waals surface area contributed by atoms with Crippen LogP contribution in [0, 0.1) is 0 Å². The summed E-state index contributed by atoms with van der Waals surface area (Å²) in [6.45, 7) is 3.92. The predicted molar refractivity (Wildman–Crippen MR) is 58.3 cm³/mol. The molecular formula is C11H19NO3. The van der Waals surface area contributed by atoms with Crippen LogP contribution in [0.25, 0.3) is 0 Å². The molecule has 0 rings (SSSR count). The van der Waals surface area contributed by atoms with Crippen molar-refractivity contribution in [1.82, 2.24) is 5.32 Å². The molecule has 0 saturated carbocycles. The second-order valence-corrected chi connectivity index (χ2v) is 3.15. The first-order valence-electron chi connectivity index (χ1n) is 5.19. The van der Waals surface area contributed by atoms with Crippen molar-refractivity contribution in [3.05, 3.63) is 11.6 Å². The lowest BCUT2D eigenvalue weighted by molar-refractivity contribution is -0.140. The van der Waals surface area contributed by atoms with Gasteiger partial charge in [-0.2, -0.15) is 0 Å². The number of esters is 1. The highest BCUT2D eigenvalue weighted by Gasteiger charge is 2.09. The molecule has 0 aromatic carbocycles. The molecule has 1 amide bonds. The zero-order chi connectivity index (χ0) is 11.7. The van der Waals surface area contributed by atoms with Crippen LogP contribution in [0.4, 0.5) is 0 Å². The fraction of sp³-hybridized carbons (Fsp3) is 0.636. The van der Waals surface area contributed by atoms with Gasteiger partial charge in [-0.1, -0.05) is 26.3 Å². The molecule has 0 spiro atoms. The van der Waals surface area contributed by atoms with Gasteiger partial charge in [0.2, 0.25) is 5.91 Å². The van der Waals surface area contributed by atoms with Crippen LogP contribution in [-0.4, -0.2) is 25.5 Å². The molecule has 0 aliphatic carbocycles. The number of allylic oxidation sites excluding steroid dienone is 1. The Labute approximate surface area is 90.7 Å². The Hall–Kier alpha value is -1.32. The van der Waals surface area contributed by atoms with Crippen molar-refractivity contribution in [1.29, 1.82) is 0 Å². The summed E-state index contributed by atoms with van der Waals surface area (Å²) in [7, 11) is 1.29. The van der Waals surface area contributed by atoms with Gasteiger partial charge in [-0.3, -0.25) is 9.59 Å². The number of carbonyl (C=O) groups is 2. The number of rotatable bonds is 6. The number of amides is 1. The fourth-order valence-electron chi connectivity index (χ4n) is 1.16. The second kappa shape index (κ2) is 8.03. The Balaban J connectivity index is 4.15. The van der Waals surface area contributed by atoms with Crippen molar-refractivity contribution in [3.8, 4) is 0 Å². The molecule has 4 heteroatoms. The van der Waals surface area contributed by atoms with Crippen molar-refractivity contribution < 1.29 is 14.3 Å². The molecule has 4 nitrogen and oxygen atoms in total. The van der Waals surface area contributed by atoms with Crippen molar-refractivity contribution in [2.45, 2.75) is 33.1 Å². The summed E-state index contributed by atoms with van der Waals surface area (Å²) in [6, 6.07) is 0. The van der Waals surface area contributed by atoms with E-state index in [9.17, 15) is 9.59 Å². The van der Waals surface area contributed by atoms with Gasteiger partial charge in [-0.15, -0.1) is 0 Å². The van der Waals surface area contributed by atoms with E-state index in [1.807, 2.05) is 19.9 Å². The number of ether oxygens (including phenoxy) is 1. The average Bonchev–Trinajstić information content (AvgIpc) is 2.25. The SMILES string of the molecule is CC/C=C(\CCC)C(=O)NCC(=O)OC. The molecular weight excluding hydrogens is 194 g/mol. The molecule has 0 aliphatic heterocycles. The lowest BCUT2D eigenvalue weighted by atomic mass is 10.1. The number of hydrogen-bond acceptors (Lipinski definition) is 3. The summed E-state index contributed by atoms with van der Waals surface area (Å²) in [5, 5.41) is 2.52. The van der Waals surface area contributed by atoms with Gasteiger partial charge in [-0.25, -0.2) is 0 Å². The van der Waals surface area contributed by atoms with Gasteiger partial charge in [0.15, 0.2) is 0 Å². The molecule has 86 valence electrons. The molecule has 15 heavy (non-hydrogen) atoms. The number of methoxy groups -OCH3 is 1. The average molecular weight is 213 g/mol. The smallest absolute Gasteiger partial charge is 0.325 e. The molecule has 0 heterocycles. The Morgan fingerprint density at radius 2 is 2.00 bits per heavy atom. The summed E-state index contributed by atoms with van der Waals surface area (Å²) in [5.74, 6) is -0.611. The number of hydrogen-bond donors (Lipinski definition) is 1. The molecule has 0 atom stereocenters. The van der Waals surface area contributed by atoms with E-state index in [-0.39, 0.29) is 12.5 Å². The minimum Gasteiger partial charge on any atom is -0.468 e. The first kappa shape index (κ1) is 13.7. The maximum absolute atomic E-state index is 11.6. The zero-order valence-corrected chi connectivity index (χ0v) is 9.63. The molecule has 1 N–H and O–H groups in total. The Kier molecular flexibility index (Phi) is 7.32. The lowest BCUT2D eigenvalue weighted by Gasteiger charge is -2.06. The first-order valence-corrected chi connectivity index (χ1v) is 5.19. The highest BCUT2D eigenvalue weighted by molar-refractivity contribution is 5.95. The molecule has 0 fully saturated rings. The predicted octanol–water partition coefficient (Wildman–Crippen LogP) is 1.41. The van der Waals surface area contributed by atoms with E-state index in [1.165, 1.54) is 7.11 Å². The molecule has 0 unspecified atom stereocenters. The quantitative estimate of drug-likeness (QED) is 0.536. The third kappa shape index (κ3) is 5.88. The van der Waals surface area contributed by atoms with E-state index >= 15 is 0 Å². The molecule has 0 radical (unpaired) electrons. The summed E-state index contributed by atoms with van der Waals surface area (Å²) in [5.41, 5.74) is 0.740. The highest BCUT2D eigenvalue weighted by Crippen LogP contribution is 2.05.